The van der Waals surface area contributed by atoms with Crippen LogP contribution in [0.2, 0.25) is 0 Å². The van der Waals surface area contributed by atoms with Crippen LogP contribution in [0.3, 0.4) is 0 Å². The fraction of sp³-hybridized carbons (Fsp3) is 0.278. The molecule has 0 spiro atoms. The molecule has 0 amide bonds. The minimum absolute atomic E-state index is 0.00380. The van der Waals surface area contributed by atoms with Crippen LogP contribution in [-0.2, 0) is 16.0 Å². The quantitative estimate of drug-likeness (QED) is 0.393. The van der Waals surface area contributed by atoms with Gasteiger partial charge in [0.25, 0.3) is 0 Å². The molecule has 4 aromatic heterocycles. The average molecular weight is 493 g/mol. The number of sulfone groups is 1. The van der Waals surface area contributed by atoms with Crippen LogP contribution in [0.1, 0.15) is 12.5 Å². The number of nitrogens with zero attached hydrogens (tertiary/aromatic N) is 5. The fourth-order valence-electron chi connectivity index (χ4n) is 2.99. The molecule has 0 aromatic carbocycles. The third-order valence-electron chi connectivity index (χ3n) is 4.50. The minimum atomic E-state index is -4.63. The van der Waals surface area contributed by atoms with Gasteiger partial charge in [0.15, 0.2) is 27.1 Å². The second kappa shape index (κ2) is 7.60. The maximum atomic E-state index is 13.0. The van der Waals surface area contributed by atoms with Crippen molar-refractivity contribution in [3.05, 3.63) is 42.2 Å². The standard InChI is InChI=1S/C18H13F6N5O3S/c1-2-33(30,31)16-14(15-26-12-4-3-10(18(22,23)24)8-29(12)27-15)25-13-7-11(5-6-28(13)16)32-9-17(19,20)21/h3-8H,2,9H2,1H3. The molecule has 0 radical (unpaired) electrons. The summed E-state index contributed by atoms with van der Waals surface area (Å²) < 4.78 is 108. The van der Waals surface area contributed by atoms with Crippen LogP contribution in [0.5, 0.6) is 5.75 Å². The molecule has 4 aromatic rings. The van der Waals surface area contributed by atoms with Crippen molar-refractivity contribution < 1.29 is 39.5 Å². The normalized spacial score (nSPS) is 13.2. The molecular formula is C18H13F6N5O3S. The number of fused-ring (bicyclic) bond motifs is 2. The van der Waals surface area contributed by atoms with Gasteiger partial charge in [-0.2, -0.15) is 26.3 Å². The van der Waals surface area contributed by atoms with Crippen molar-refractivity contribution >= 4 is 21.1 Å². The van der Waals surface area contributed by atoms with Gasteiger partial charge < -0.3 is 4.74 Å². The zero-order chi connectivity index (χ0) is 24.2. The van der Waals surface area contributed by atoms with Crippen molar-refractivity contribution in [2.24, 2.45) is 0 Å². The van der Waals surface area contributed by atoms with Gasteiger partial charge in [-0.1, -0.05) is 6.92 Å². The summed E-state index contributed by atoms with van der Waals surface area (Å²) in [6.07, 6.45) is -7.36. The lowest BCUT2D eigenvalue weighted by Crippen LogP contribution is -2.19. The predicted octanol–water partition coefficient (Wildman–Crippen LogP) is 3.80. The summed E-state index contributed by atoms with van der Waals surface area (Å²) in [4.78, 5) is 8.20. The molecule has 4 rings (SSSR count). The lowest BCUT2D eigenvalue weighted by molar-refractivity contribution is -0.153. The van der Waals surface area contributed by atoms with E-state index in [1.165, 1.54) is 6.92 Å². The molecule has 33 heavy (non-hydrogen) atoms. The zero-order valence-electron chi connectivity index (χ0n) is 16.5. The highest BCUT2D eigenvalue weighted by Gasteiger charge is 2.32. The summed E-state index contributed by atoms with van der Waals surface area (Å²) in [7, 11) is -3.97. The summed E-state index contributed by atoms with van der Waals surface area (Å²) in [6.45, 7) is -0.196. The van der Waals surface area contributed by atoms with Gasteiger partial charge in [-0.3, -0.25) is 4.40 Å². The Morgan fingerprint density at radius 1 is 1.03 bits per heavy atom. The summed E-state index contributed by atoms with van der Waals surface area (Å²) in [6, 6.07) is 4.09. The van der Waals surface area contributed by atoms with E-state index in [0.717, 1.165) is 39.4 Å². The van der Waals surface area contributed by atoms with Crippen LogP contribution in [0.15, 0.2) is 41.7 Å². The number of hydrogen-bond acceptors (Lipinski definition) is 6. The Hall–Kier alpha value is -3.36. The van der Waals surface area contributed by atoms with E-state index in [1.54, 1.807) is 0 Å². The Morgan fingerprint density at radius 2 is 1.76 bits per heavy atom. The number of hydrogen-bond donors (Lipinski definition) is 0. The first-order valence-electron chi connectivity index (χ1n) is 9.17. The third-order valence-corrected chi connectivity index (χ3v) is 6.24. The van der Waals surface area contributed by atoms with Crippen molar-refractivity contribution in [3.63, 3.8) is 0 Å². The Morgan fingerprint density at radius 3 is 2.39 bits per heavy atom. The molecule has 0 aliphatic rings. The maximum Gasteiger partial charge on any atom is 0.422 e. The summed E-state index contributed by atoms with van der Waals surface area (Å²) in [5.74, 6) is -0.844. The van der Waals surface area contributed by atoms with Crippen LogP contribution in [0, 0.1) is 0 Å². The number of pyridine rings is 2. The Kier molecular flexibility index (Phi) is 5.26. The van der Waals surface area contributed by atoms with E-state index in [-0.39, 0.29) is 39.3 Å². The van der Waals surface area contributed by atoms with E-state index in [2.05, 4.69) is 19.8 Å². The molecule has 0 saturated heterocycles. The van der Waals surface area contributed by atoms with Crippen LogP contribution in [0.25, 0.3) is 22.8 Å². The molecule has 15 heteroatoms. The van der Waals surface area contributed by atoms with E-state index in [9.17, 15) is 34.8 Å². The average Bonchev–Trinajstić information content (AvgIpc) is 3.31. The molecule has 0 saturated carbocycles. The van der Waals surface area contributed by atoms with Crippen molar-refractivity contribution in [1.29, 1.82) is 0 Å². The van der Waals surface area contributed by atoms with Gasteiger partial charge in [0.05, 0.1) is 11.3 Å². The molecule has 0 unspecified atom stereocenters. The number of rotatable bonds is 5. The highest BCUT2D eigenvalue weighted by Crippen LogP contribution is 2.31. The molecule has 4 heterocycles. The monoisotopic (exact) mass is 493 g/mol. The zero-order valence-corrected chi connectivity index (χ0v) is 17.3. The first-order chi connectivity index (χ1) is 15.3. The number of aromatic nitrogens is 5. The summed E-state index contributed by atoms with van der Waals surface area (Å²) in [5.41, 5.74) is -1.33. The van der Waals surface area contributed by atoms with Crippen molar-refractivity contribution in [3.8, 4) is 17.3 Å². The number of imidazole rings is 1. The lowest BCUT2D eigenvalue weighted by atomic mass is 10.3. The molecule has 176 valence electrons. The lowest BCUT2D eigenvalue weighted by Gasteiger charge is -2.09. The molecule has 0 bridgehead atoms. The molecule has 0 aliphatic heterocycles. The Balaban J connectivity index is 1.87. The second-order valence-corrected chi connectivity index (χ2v) is 9.01. The van der Waals surface area contributed by atoms with Gasteiger partial charge in [-0.25, -0.2) is 22.9 Å². The predicted molar refractivity (Wildman–Crippen MR) is 101 cm³/mol. The van der Waals surface area contributed by atoms with Crippen LogP contribution < -0.4 is 4.74 Å². The first kappa shape index (κ1) is 22.8. The summed E-state index contributed by atoms with van der Waals surface area (Å²) in [5, 5.41) is 3.58. The van der Waals surface area contributed by atoms with E-state index in [4.69, 9.17) is 0 Å². The highest BCUT2D eigenvalue weighted by molar-refractivity contribution is 7.91. The number of halogens is 6. The molecule has 8 nitrogen and oxygen atoms in total. The van der Waals surface area contributed by atoms with Crippen LogP contribution in [0.4, 0.5) is 26.3 Å². The maximum absolute atomic E-state index is 13.0. The highest BCUT2D eigenvalue weighted by atomic mass is 32.2. The fourth-order valence-corrected chi connectivity index (χ4v) is 4.15. The molecule has 0 N–H and O–H groups in total. The van der Waals surface area contributed by atoms with Gasteiger partial charge >= 0.3 is 12.4 Å². The van der Waals surface area contributed by atoms with Crippen molar-refractivity contribution in [1.82, 2.24) is 24.0 Å². The molecule has 0 fully saturated rings. The van der Waals surface area contributed by atoms with E-state index in [0.29, 0.717) is 6.20 Å². The van der Waals surface area contributed by atoms with E-state index < -0.39 is 34.4 Å². The van der Waals surface area contributed by atoms with Gasteiger partial charge in [-0.15, -0.1) is 5.10 Å². The third kappa shape index (κ3) is 4.44. The smallest absolute Gasteiger partial charge is 0.422 e. The molecule has 0 atom stereocenters. The largest absolute Gasteiger partial charge is 0.484 e. The van der Waals surface area contributed by atoms with Gasteiger partial charge in [0, 0.05) is 18.5 Å². The SMILES string of the molecule is CCS(=O)(=O)c1c(-c2nc3ccc(C(F)(F)F)cn3n2)nc2cc(OCC(F)(F)F)ccn12. The van der Waals surface area contributed by atoms with Gasteiger partial charge in [-0.05, 0) is 18.2 Å². The number of ether oxygens (including phenoxy) is 1. The van der Waals surface area contributed by atoms with Crippen molar-refractivity contribution in [2.75, 3.05) is 12.4 Å². The number of alkyl halides is 6. The first-order valence-corrected chi connectivity index (χ1v) is 10.8. The van der Waals surface area contributed by atoms with Crippen LogP contribution >= 0.6 is 0 Å². The van der Waals surface area contributed by atoms with Crippen LogP contribution in [-0.4, -0.2) is 50.9 Å². The second-order valence-electron chi connectivity index (χ2n) is 6.82. The minimum Gasteiger partial charge on any atom is -0.484 e. The van der Waals surface area contributed by atoms with E-state index >= 15 is 0 Å². The Bertz CT molecular complexity index is 1460. The summed E-state index contributed by atoms with van der Waals surface area (Å²) >= 11 is 0. The van der Waals surface area contributed by atoms with E-state index in [1.807, 2.05) is 0 Å². The van der Waals surface area contributed by atoms with Gasteiger partial charge in [0.2, 0.25) is 5.82 Å². The Labute approximate surface area is 181 Å². The van der Waals surface area contributed by atoms with Gasteiger partial charge in [0.1, 0.15) is 17.1 Å². The molecular weight excluding hydrogens is 480 g/mol. The molecule has 0 aliphatic carbocycles. The van der Waals surface area contributed by atoms with Crippen molar-refractivity contribution in [2.45, 2.75) is 24.3 Å². The topological polar surface area (TPSA) is 90.9 Å².